The van der Waals surface area contributed by atoms with E-state index in [0.717, 1.165) is 55.5 Å². The highest BCUT2D eigenvalue weighted by Gasteiger charge is 2.24. The van der Waals surface area contributed by atoms with Crippen LogP contribution in [0.25, 0.3) is 0 Å². The number of ether oxygens (including phenoxy) is 1. The molecule has 0 N–H and O–H groups in total. The van der Waals surface area contributed by atoms with Crippen molar-refractivity contribution >= 4 is 0 Å². The monoisotopic (exact) mass is 356 g/mol. The normalized spacial score (nSPS) is 20.3. The van der Waals surface area contributed by atoms with Crippen molar-refractivity contribution in [1.82, 2.24) is 20.0 Å². The van der Waals surface area contributed by atoms with Gasteiger partial charge >= 0.3 is 0 Å². The second kappa shape index (κ2) is 8.16. The van der Waals surface area contributed by atoms with Gasteiger partial charge in [0.05, 0.1) is 6.54 Å². The van der Waals surface area contributed by atoms with E-state index in [1.54, 1.807) is 6.20 Å². The van der Waals surface area contributed by atoms with Crippen LogP contribution in [0.4, 0.5) is 0 Å². The first-order chi connectivity index (χ1) is 12.8. The lowest BCUT2D eigenvalue weighted by molar-refractivity contribution is 0.0943. The summed E-state index contributed by atoms with van der Waals surface area (Å²) in [6.45, 7) is 4.82. The lowest BCUT2D eigenvalue weighted by Crippen LogP contribution is -2.38. The van der Waals surface area contributed by atoms with Crippen LogP contribution in [-0.2, 0) is 6.54 Å². The molecule has 140 valence electrons. The first-order valence-corrected chi connectivity index (χ1v) is 9.90. The highest BCUT2D eigenvalue weighted by atomic mass is 16.5. The third kappa shape index (κ3) is 4.23. The quantitative estimate of drug-likeness (QED) is 0.810. The van der Waals surface area contributed by atoms with E-state index >= 15 is 0 Å². The molecular formula is C20H28N4O2. The lowest BCUT2D eigenvalue weighted by Gasteiger charge is -2.31. The lowest BCUT2D eigenvalue weighted by atomic mass is 9.89. The van der Waals surface area contributed by atoms with Crippen LogP contribution in [0.1, 0.15) is 68.1 Å². The maximum absolute atomic E-state index is 6.15. The van der Waals surface area contributed by atoms with Gasteiger partial charge in [0.15, 0.2) is 5.82 Å². The standard InChI is InChI=1S/C20H28N4O2/c1-15-13-21-10-7-18(15)25-17-8-11-24(12-9-17)14-19-22-20(26-23-19)16-5-3-2-4-6-16/h7,10,13,16-17H,2-6,8-9,11-12,14H2,1H3. The van der Waals surface area contributed by atoms with Gasteiger partial charge in [-0.3, -0.25) is 9.88 Å². The maximum Gasteiger partial charge on any atom is 0.229 e. The summed E-state index contributed by atoms with van der Waals surface area (Å²) in [4.78, 5) is 11.2. The molecule has 4 rings (SSSR count). The van der Waals surface area contributed by atoms with Crippen molar-refractivity contribution in [2.75, 3.05) is 13.1 Å². The van der Waals surface area contributed by atoms with E-state index in [-0.39, 0.29) is 6.10 Å². The van der Waals surface area contributed by atoms with Crippen molar-refractivity contribution in [2.45, 2.75) is 70.4 Å². The Morgan fingerprint density at radius 2 is 1.96 bits per heavy atom. The van der Waals surface area contributed by atoms with Gasteiger partial charge in [0.25, 0.3) is 0 Å². The number of pyridine rings is 1. The summed E-state index contributed by atoms with van der Waals surface area (Å²) in [6.07, 6.45) is 12.3. The fourth-order valence-corrected chi connectivity index (χ4v) is 4.00. The number of aromatic nitrogens is 3. The van der Waals surface area contributed by atoms with E-state index in [4.69, 9.17) is 9.26 Å². The summed E-state index contributed by atoms with van der Waals surface area (Å²) in [5.74, 6) is 3.11. The fourth-order valence-electron chi connectivity index (χ4n) is 4.00. The Labute approximate surface area is 154 Å². The molecule has 6 nitrogen and oxygen atoms in total. The van der Waals surface area contributed by atoms with Crippen LogP contribution in [0.2, 0.25) is 0 Å². The molecule has 1 saturated heterocycles. The summed E-state index contributed by atoms with van der Waals surface area (Å²) in [5.41, 5.74) is 1.09. The van der Waals surface area contributed by atoms with Crippen molar-refractivity contribution in [3.8, 4) is 5.75 Å². The first-order valence-electron chi connectivity index (χ1n) is 9.90. The molecule has 1 aliphatic heterocycles. The molecule has 26 heavy (non-hydrogen) atoms. The summed E-state index contributed by atoms with van der Waals surface area (Å²) in [7, 11) is 0. The highest BCUT2D eigenvalue weighted by molar-refractivity contribution is 5.28. The highest BCUT2D eigenvalue weighted by Crippen LogP contribution is 2.31. The Morgan fingerprint density at radius 3 is 2.73 bits per heavy atom. The van der Waals surface area contributed by atoms with Crippen molar-refractivity contribution in [3.63, 3.8) is 0 Å². The fraction of sp³-hybridized carbons (Fsp3) is 0.650. The van der Waals surface area contributed by atoms with E-state index < -0.39 is 0 Å². The molecule has 0 atom stereocenters. The zero-order valence-electron chi connectivity index (χ0n) is 15.6. The maximum atomic E-state index is 6.15. The smallest absolute Gasteiger partial charge is 0.229 e. The summed E-state index contributed by atoms with van der Waals surface area (Å²) < 4.78 is 11.7. The van der Waals surface area contributed by atoms with Crippen LogP contribution in [0.5, 0.6) is 5.75 Å². The number of aryl methyl sites for hydroxylation is 1. The molecule has 2 fully saturated rings. The molecule has 1 aliphatic carbocycles. The predicted molar refractivity (Wildman–Crippen MR) is 98.0 cm³/mol. The number of rotatable bonds is 5. The van der Waals surface area contributed by atoms with Crippen molar-refractivity contribution in [3.05, 3.63) is 35.7 Å². The van der Waals surface area contributed by atoms with E-state index in [9.17, 15) is 0 Å². The Hall–Kier alpha value is -1.95. The van der Waals surface area contributed by atoms with Gasteiger partial charge in [0, 0.05) is 37.0 Å². The molecular weight excluding hydrogens is 328 g/mol. The van der Waals surface area contributed by atoms with E-state index in [0.29, 0.717) is 5.92 Å². The van der Waals surface area contributed by atoms with Gasteiger partial charge in [-0.05, 0) is 38.7 Å². The number of nitrogens with zero attached hydrogens (tertiary/aromatic N) is 4. The molecule has 2 aromatic heterocycles. The minimum absolute atomic E-state index is 0.274. The SMILES string of the molecule is Cc1cnccc1OC1CCN(Cc2noc(C3CCCCC3)n2)CC1. The van der Waals surface area contributed by atoms with Crippen LogP contribution in [0.15, 0.2) is 23.0 Å². The molecule has 0 aromatic carbocycles. The Balaban J connectivity index is 1.26. The Bertz CT molecular complexity index is 703. The average molecular weight is 356 g/mol. The second-order valence-electron chi connectivity index (χ2n) is 7.62. The number of hydrogen-bond acceptors (Lipinski definition) is 6. The zero-order chi connectivity index (χ0) is 17.8. The Morgan fingerprint density at radius 1 is 1.15 bits per heavy atom. The molecule has 0 unspecified atom stereocenters. The van der Waals surface area contributed by atoms with Gasteiger partial charge in [-0.25, -0.2) is 0 Å². The third-order valence-electron chi connectivity index (χ3n) is 5.60. The van der Waals surface area contributed by atoms with Gasteiger partial charge in [0.2, 0.25) is 5.89 Å². The number of piperidine rings is 1. The molecule has 0 radical (unpaired) electrons. The number of hydrogen-bond donors (Lipinski definition) is 0. The summed E-state index contributed by atoms with van der Waals surface area (Å²) in [5, 5.41) is 4.22. The van der Waals surface area contributed by atoms with Gasteiger partial charge in [-0.1, -0.05) is 24.4 Å². The summed E-state index contributed by atoms with van der Waals surface area (Å²) in [6, 6.07) is 1.95. The second-order valence-corrected chi connectivity index (χ2v) is 7.62. The molecule has 3 heterocycles. The topological polar surface area (TPSA) is 64.3 Å². The molecule has 1 saturated carbocycles. The molecule has 0 amide bonds. The average Bonchev–Trinajstić information content (AvgIpc) is 3.14. The van der Waals surface area contributed by atoms with Gasteiger partial charge in [0.1, 0.15) is 11.9 Å². The van der Waals surface area contributed by atoms with Crippen LogP contribution in [0, 0.1) is 6.92 Å². The van der Waals surface area contributed by atoms with Crippen LogP contribution < -0.4 is 4.74 Å². The van der Waals surface area contributed by atoms with Crippen LogP contribution in [0.3, 0.4) is 0 Å². The largest absolute Gasteiger partial charge is 0.490 e. The molecule has 0 bridgehead atoms. The zero-order valence-corrected chi connectivity index (χ0v) is 15.6. The van der Waals surface area contributed by atoms with Crippen molar-refractivity contribution in [1.29, 1.82) is 0 Å². The molecule has 2 aliphatic rings. The third-order valence-corrected chi connectivity index (χ3v) is 5.60. The summed E-state index contributed by atoms with van der Waals surface area (Å²) >= 11 is 0. The molecule has 0 spiro atoms. The van der Waals surface area contributed by atoms with Gasteiger partial charge in [-0.2, -0.15) is 4.98 Å². The van der Waals surface area contributed by atoms with Crippen LogP contribution >= 0.6 is 0 Å². The van der Waals surface area contributed by atoms with Gasteiger partial charge in [-0.15, -0.1) is 0 Å². The molecule has 6 heteroatoms. The van der Waals surface area contributed by atoms with E-state index in [1.165, 1.54) is 32.1 Å². The predicted octanol–water partition coefficient (Wildman–Crippen LogP) is 3.86. The van der Waals surface area contributed by atoms with Gasteiger partial charge < -0.3 is 9.26 Å². The van der Waals surface area contributed by atoms with Crippen molar-refractivity contribution < 1.29 is 9.26 Å². The minimum atomic E-state index is 0.274. The van der Waals surface area contributed by atoms with Crippen LogP contribution in [-0.4, -0.2) is 39.2 Å². The molecule has 2 aromatic rings. The Kier molecular flexibility index (Phi) is 5.48. The van der Waals surface area contributed by atoms with E-state index in [2.05, 4.69) is 20.0 Å². The van der Waals surface area contributed by atoms with E-state index in [1.807, 2.05) is 19.2 Å². The minimum Gasteiger partial charge on any atom is -0.490 e. The van der Waals surface area contributed by atoms with Crippen molar-refractivity contribution in [2.24, 2.45) is 0 Å². The first kappa shape index (κ1) is 17.5. The number of likely N-dealkylation sites (tertiary alicyclic amines) is 1.